The molecule has 0 aliphatic carbocycles. The number of pyridine rings is 1. The molecule has 3 heterocycles. The highest BCUT2D eigenvalue weighted by molar-refractivity contribution is 5.51. The number of fused-ring (bicyclic) bond motifs is 1. The van der Waals surface area contributed by atoms with Crippen molar-refractivity contribution in [2.24, 2.45) is 0 Å². The molecule has 0 amide bonds. The molecule has 0 radical (unpaired) electrons. The fourth-order valence-corrected chi connectivity index (χ4v) is 3.06. The molecule has 0 spiro atoms. The van der Waals surface area contributed by atoms with Crippen molar-refractivity contribution in [3.8, 4) is 0 Å². The van der Waals surface area contributed by atoms with Crippen LogP contribution in [0.2, 0.25) is 0 Å². The first kappa shape index (κ1) is 12.4. The number of likely N-dealkylation sites (tertiary alicyclic amines) is 1. The summed E-state index contributed by atoms with van der Waals surface area (Å²) >= 11 is 0. The Balaban J connectivity index is 1.85. The van der Waals surface area contributed by atoms with Crippen LogP contribution in [0.25, 0.3) is 5.65 Å². The third-order valence-electron chi connectivity index (χ3n) is 4.01. The van der Waals surface area contributed by atoms with Gasteiger partial charge in [0.1, 0.15) is 5.82 Å². The molecule has 2 N–H and O–H groups in total. The number of aromatic nitrogens is 3. The number of hydrogen-bond acceptors (Lipinski definition) is 4. The summed E-state index contributed by atoms with van der Waals surface area (Å²) in [6, 6.07) is 4.95. The number of rotatable bonds is 3. The minimum absolute atomic E-state index is 0.588. The van der Waals surface area contributed by atoms with Crippen molar-refractivity contribution in [3.63, 3.8) is 0 Å². The number of anilines is 1. The van der Waals surface area contributed by atoms with E-state index >= 15 is 0 Å². The quantitative estimate of drug-likeness (QED) is 0.912. The Labute approximate surface area is 113 Å². The lowest BCUT2D eigenvalue weighted by Crippen LogP contribution is -2.37. The van der Waals surface area contributed by atoms with E-state index in [4.69, 9.17) is 5.73 Å². The summed E-state index contributed by atoms with van der Waals surface area (Å²) in [6.07, 6.45) is 5.46. The fourth-order valence-electron chi connectivity index (χ4n) is 3.06. The molecular formula is C14H21N5. The van der Waals surface area contributed by atoms with Gasteiger partial charge in [-0.25, -0.2) is 0 Å². The van der Waals surface area contributed by atoms with Gasteiger partial charge in [0, 0.05) is 36.5 Å². The Hall–Kier alpha value is -1.62. The summed E-state index contributed by atoms with van der Waals surface area (Å²) < 4.78 is 2.05. The molecule has 102 valence electrons. The highest BCUT2D eigenvalue weighted by atomic mass is 15.3. The maximum atomic E-state index is 5.77. The third kappa shape index (κ3) is 2.30. The third-order valence-corrected chi connectivity index (χ3v) is 4.01. The maximum absolute atomic E-state index is 5.77. The Morgan fingerprint density at radius 3 is 3.05 bits per heavy atom. The van der Waals surface area contributed by atoms with Crippen molar-refractivity contribution < 1.29 is 0 Å². The summed E-state index contributed by atoms with van der Waals surface area (Å²) in [5, 5.41) is 8.53. The van der Waals surface area contributed by atoms with Crippen molar-refractivity contribution in [2.45, 2.75) is 45.2 Å². The summed E-state index contributed by atoms with van der Waals surface area (Å²) in [4.78, 5) is 2.57. The van der Waals surface area contributed by atoms with Gasteiger partial charge in [-0.1, -0.05) is 0 Å². The molecule has 2 aromatic heterocycles. The monoisotopic (exact) mass is 259 g/mol. The minimum atomic E-state index is 0.588. The van der Waals surface area contributed by atoms with Crippen LogP contribution in [0.4, 0.5) is 5.69 Å². The molecule has 0 bridgehead atoms. The Kier molecular flexibility index (Phi) is 3.14. The van der Waals surface area contributed by atoms with Gasteiger partial charge in [0.15, 0.2) is 5.65 Å². The van der Waals surface area contributed by atoms with Gasteiger partial charge >= 0.3 is 0 Å². The van der Waals surface area contributed by atoms with Crippen molar-refractivity contribution in [3.05, 3.63) is 24.2 Å². The van der Waals surface area contributed by atoms with E-state index in [0.29, 0.717) is 12.1 Å². The molecular weight excluding hydrogens is 238 g/mol. The van der Waals surface area contributed by atoms with Crippen molar-refractivity contribution in [1.82, 2.24) is 19.5 Å². The van der Waals surface area contributed by atoms with Crippen LogP contribution in [-0.4, -0.2) is 38.1 Å². The van der Waals surface area contributed by atoms with E-state index in [1.54, 1.807) is 0 Å². The van der Waals surface area contributed by atoms with Gasteiger partial charge in [-0.15, -0.1) is 10.2 Å². The Morgan fingerprint density at radius 2 is 2.26 bits per heavy atom. The molecule has 1 aliphatic heterocycles. The highest BCUT2D eigenvalue weighted by Gasteiger charge is 2.27. The molecule has 0 saturated carbocycles. The lowest BCUT2D eigenvalue weighted by molar-refractivity contribution is 0.200. The summed E-state index contributed by atoms with van der Waals surface area (Å²) in [5.74, 6) is 1.03. The van der Waals surface area contributed by atoms with Crippen LogP contribution >= 0.6 is 0 Å². The van der Waals surface area contributed by atoms with Gasteiger partial charge in [-0.05, 0) is 39.3 Å². The SMILES string of the molecule is CC(C)N1CCCC1Cc1nnc2cc(N)ccn12. The van der Waals surface area contributed by atoms with Crippen LogP contribution in [0.15, 0.2) is 18.3 Å². The lowest BCUT2D eigenvalue weighted by atomic mass is 10.1. The first-order chi connectivity index (χ1) is 9.15. The highest BCUT2D eigenvalue weighted by Crippen LogP contribution is 2.23. The second kappa shape index (κ2) is 4.81. The van der Waals surface area contributed by atoms with Gasteiger partial charge in [0.05, 0.1) is 0 Å². The van der Waals surface area contributed by atoms with E-state index in [0.717, 1.165) is 23.6 Å². The molecule has 1 unspecified atom stereocenters. The molecule has 1 saturated heterocycles. The van der Waals surface area contributed by atoms with Crippen LogP contribution in [0.5, 0.6) is 0 Å². The van der Waals surface area contributed by atoms with Gasteiger partial charge < -0.3 is 5.73 Å². The zero-order valence-electron chi connectivity index (χ0n) is 11.6. The van der Waals surface area contributed by atoms with Gasteiger partial charge in [0.2, 0.25) is 0 Å². The number of nitrogen functional groups attached to an aromatic ring is 1. The van der Waals surface area contributed by atoms with Crippen LogP contribution in [0.1, 0.15) is 32.5 Å². The van der Waals surface area contributed by atoms with Gasteiger partial charge in [-0.2, -0.15) is 0 Å². The van der Waals surface area contributed by atoms with E-state index in [1.165, 1.54) is 19.4 Å². The van der Waals surface area contributed by atoms with Gasteiger partial charge in [-0.3, -0.25) is 9.30 Å². The topological polar surface area (TPSA) is 59.5 Å². The van der Waals surface area contributed by atoms with Crippen LogP contribution < -0.4 is 5.73 Å². The number of hydrogen-bond donors (Lipinski definition) is 1. The molecule has 5 nitrogen and oxygen atoms in total. The van der Waals surface area contributed by atoms with E-state index in [2.05, 4.69) is 28.9 Å². The molecule has 1 fully saturated rings. The molecule has 3 rings (SSSR count). The Morgan fingerprint density at radius 1 is 1.42 bits per heavy atom. The van der Waals surface area contributed by atoms with E-state index in [9.17, 15) is 0 Å². The fraction of sp³-hybridized carbons (Fsp3) is 0.571. The number of nitrogens with two attached hydrogens (primary N) is 1. The predicted octanol–water partition coefficient (Wildman–Crippen LogP) is 1.73. The first-order valence-electron chi connectivity index (χ1n) is 7.00. The Bertz CT molecular complexity index is 574. The predicted molar refractivity (Wildman–Crippen MR) is 76.0 cm³/mol. The zero-order chi connectivity index (χ0) is 13.4. The normalized spacial score (nSPS) is 20.7. The van der Waals surface area contributed by atoms with E-state index in [-0.39, 0.29) is 0 Å². The van der Waals surface area contributed by atoms with Crippen LogP contribution in [-0.2, 0) is 6.42 Å². The minimum Gasteiger partial charge on any atom is -0.399 e. The summed E-state index contributed by atoms with van der Waals surface area (Å²) in [6.45, 7) is 5.73. The van der Waals surface area contributed by atoms with Crippen LogP contribution in [0.3, 0.4) is 0 Å². The maximum Gasteiger partial charge on any atom is 0.162 e. The standard InChI is InChI=1S/C14H21N5/c1-10(2)18-6-3-4-12(18)9-14-17-16-13-8-11(15)5-7-19(13)14/h5,7-8,10,12H,3-4,6,9,15H2,1-2H3. The first-order valence-corrected chi connectivity index (χ1v) is 7.00. The molecule has 1 atom stereocenters. The second-order valence-electron chi connectivity index (χ2n) is 5.64. The molecule has 2 aromatic rings. The zero-order valence-corrected chi connectivity index (χ0v) is 11.6. The van der Waals surface area contributed by atoms with Crippen molar-refractivity contribution >= 4 is 11.3 Å². The summed E-state index contributed by atoms with van der Waals surface area (Å²) in [5.41, 5.74) is 7.34. The second-order valence-corrected chi connectivity index (χ2v) is 5.64. The molecule has 0 aromatic carbocycles. The molecule has 19 heavy (non-hydrogen) atoms. The largest absolute Gasteiger partial charge is 0.399 e. The van der Waals surface area contributed by atoms with E-state index < -0.39 is 0 Å². The average molecular weight is 259 g/mol. The van der Waals surface area contributed by atoms with E-state index in [1.807, 2.05) is 22.7 Å². The van der Waals surface area contributed by atoms with Crippen molar-refractivity contribution in [2.75, 3.05) is 12.3 Å². The van der Waals surface area contributed by atoms with Gasteiger partial charge in [0.25, 0.3) is 0 Å². The van der Waals surface area contributed by atoms with Crippen molar-refractivity contribution in [1.29, 1.82) is 0 Å². The van der Waals surface area contributed by atoms with Crippen LogP contribution in [0, 0.1) is 0 Å². The average Bonchev–Trinajstić information content (AvgIpc) is 2.97. The lowest BCUT2D eigenvalue weighted by Gasteiger charge is -2.27. The number of nitrogens with zero attached hydrogens (tertiary/aromatic N) is 4. The molecule has 5 heteroatoms. The summed E-state index contributed by atoms with van der Waals surface area (Å²) in [7, 11) is 0. The molecule has 1 aliphatic rings. The smallest absolute Gasteiger partial charge is 0.162 e.